The zero-order valence-corrected chi connectivity index (χ0v) is 12.2. The lowest BCUT2D eigenvalue weighted by atomic mass is 10.0. The summed E-state index contributed by atoms with van der Waals surface area (Å²) in [4.78, 5) is 8.40. The molecule has 2 N–H and O–H groups in total. The van der Waals surface area contributed by atoms with Crippen molar-refractivity contribution in [2.75, 3.05) is 5.73 Å². The summed E-state index contributed by atoms with van der Waals surface area (Å²) in [7, 11) is 0. The van der Waals surface area contributed by atoms with Gasteiger partial charge in [-0.05, 0) is 35.7 Å². The third kappa shape index (κ3) is 2.65. The fraction of sp³-hybridized carbons (Fsp3) is 0.176. The molecule has 3 aromatic rings. The molecule has 0 atom stereocenters. The Kier molecular flexibility index (Phi) is 3.44. The van der Waals surface area contributed by atoms with Gasteiger partial charge in [-0.1, -0.05) is 26.0 Å². The van der Waals surface area contributed by atoms with E-state index < -0.39 is 0 Å². The Morgan fingerprint density at radius 3 is 2.38 bits per heavy atom. The molecule has 0 unspecified atom stereocenters. The van der Waals surface area contributed by atoms with E-state index in [1.54, 1.807) is 12.3 Å². The summed E-state index contributed by atoms with van der Waals surface area (Å²) in [5.74, 6) is 1.05. The van der Waals surface area contributed by atoms with Crippen LogP contribution in [0.4, 0.5) is 5.82 Å². The highest BCUT2D eigenvalue weighted by atomic mass is 15.1. The fourth-order valence-electron chi connectivity index (χ4n) is 2.29. The predicted octanol–water partition coefficient (Wildman–Crippen LogP) is 3.64. The van der Waals surface area contributed by atoms with Gasteiger partial charge in [-0.15, -0.1) is 0 Å². The lowest BCUT2D eigenvalue weighted by molar-refractivity contribution is 0.865. The van der Waals surface area contributed by atoms with Gasteiger partial charge in [0.15, 0.2) is 0 Å². The second kappa shape index (κ2) is 5.40. The molecule has 0 radical (unpaired) electrons. The number of nitrogens with zero attached hydrogens (tertiary/aromatic N) is 3. The van der Waals surface area contributed by atoms with Crippen LogP contribution in [-0.2, 0) is 0 Å². The van der Waals surface area contributed by atoms with Gasteiger partial charge in [0.1, 0.15) is 5.82 Å². The van der Waals surface area contributed by atoms with E-state index in [9.17, 15) is 0 Å². The minimum absolute atomic E-state index is 0.520. The van der Waals surface area contributed by atoms with Crippen molar-refractivity contribution in [3.05, 3.63) is 60.7 Å². The molecule has 0 aliphatic carbocycles. The smallest absolute Gasteiger partial charge is 0.123 e. The summed E-state index contributed by atoms with van der Waals surface area (Å²) in [6.45, 7) is 4.38. The Bertz CT molecular complexity index is 724. The van der Waals surface area contributed by atoms with E-state index in [1.807, 2.05) is 18.6 Å². The second-order valence-corrected chi connectivity index (χ2v) is 5.37. The zero-order valence-electron chi connectivity index (χ0n) is 12.2. The number of nitrogens with two attached hydrogens (primary N) is 1. The van der Waals surface area contributed by atoms with Crippen LogP contribution in [0.2, 0.25) is 0 Å². The maximum Gasteiger partial charge on any atom is 0.123 e. The van der Waals surface area contributed by atoms with Crippen LogP contribution >= 0.6 is 0 Å². The topological polar surface area (TPSA) is 56.7 Å². The molecule has 2 aromatic heterocycles. The standard InChI is InChI=1S/C17H18N4/c1-12(2)13-3-6-15(7-4-13)21-11-19-10-16(21)14-5-8-17(18)20-9-14/h3-12H,1-2H3,(H2,18,20). The molecular formula is C17H18N4. The normalized spacial score (nSPS) is 11.0. The summed E-state index contributed by atoms with van der Waals surface area (Å²) >= 11 is 0. The first-order chi connectivity index (χ1) is 10.1. The first kappa shape index (κ1) is 13.4. The van der Waals surface area contributed by atoms with E-state index in [2.05, 4.69) is 52.6 Å². The molecule has 106 valence electrons. The number of nitrogen functional groups attached to an aromatic ring is 1. The molecule has 4 nitrogen and oxygen atoms in total. The molecule has 0 aliphatic heterocycles. The van der Waals surface area contributed by atoms with Crippen molar-refractivity contribution in [3.63, 3.8) is 0 Å². The Balaban J connectivity index is 2.00. The number of hydrogen-bond donors (Lipinski definition) is 1. The van der Waals surface area contributed by atoms with Crippen LogP contribution in [0.1, 0.15) is 25.3 Å². The molecular weight excluding hydrogens is 260 g/mol. The van der Waals surface area contributed by atoms with Crippen molar-refractivity contribution in [1.29, 1.82) is 0 Å². The van der Waals surface area contributed by atoms with Crippen molar-refractivity contribution in [2.24, 2.45) is 0 Å². The summed E-state index contributed by atoms with van der Waals surface area (Å²) in [6.07, 6.45) is 5.42. The van der Waals surface area contributed by atoms with Crippen molar-refractivity contribution in [3.8, 4) is 16.9 Å². The summed E-state index contributed by atoms with van der Waals surface area (Å²) in [6, 6.07) is 12.3. The lowest BCUT2D eigenvalue weighted by Gasteiger charge is -2.10. The highest BCUT2D eigenvalue weighted by molar-refractivity contribution is 5.62. The minimum atomic E-state index is 0.520. The van der Waals surface area contributed by atoms with Crippen LogP contribution in [0.15, 0.2) is 55.1 Å². The van der Waals surface area contributed by atoms with Gasteiger partial charge in [0, 0.05) is 17.4 Å². The monoisotopic (exact) mass is 278 g/mol. The number of imidazole rings is 1. The van der Waals surface area contributed by atoms with Gasteiger partial charge in [0.05, 0.1) is 18.2 Å². The van der Waals surface area contributed by atoms with E-state index in [4.69, 9.17) is 5.73 Å². The Hall–Kier alpha value is -2.62. The molecule has 0 saturated heterocycles. The highest BCUT2D eigenvalue weighted by Gasteiger charge is 2.08. The molecule has 3 rings (SSSR count). The van der Waals surface area contributed by atoms with E-state index in [0.717, 1.165) is 16.9 Å². The first-order valence-electron chi connectivity index (χ1n) is 7.00. The van der Waals surface area contributed by atoms with Crippen LogP contribution in [0, 0.1) is 0 Å². The van der Waals surface area contributed by atoms with Gasteiger partial charge in [-0.3, -0.25) is 4.57 Å². The molecule has 0 saturated carbocycles. The van der Waals surface area contributed by atoms with Crippen LogP contribution in [0.25, 0.3) is 16.9 Å². The Morgan fingerprint density at radius 1 is 1.00 bits per heavy atom. The maximum atomic E-state index is 5.64. The van der Waals surface area contributed by atoms with Crippen molar-refractivity contribution in [1.82, 2.24) is 14.5 Å². The highest BCUT2D eigenvalue weighted by Crippen LogP contribution is 2.24. The van der Waals surface area contributed by atoms with Crippen LogP contribution in [0.5, 0.6) is 0 Å². The number of aromatic nitrogens is 3. The average Bonchev–Trinajstić information content (AvgIpc) is 2.97. The summed E-state index contributed by atoms with van der Waals surface area (Å²) in [5, 5.41) is 0. The largest absolute Gasteiger partial charge is 0.384 e. The summed E-state index contributed by atoms with van der Waals surface area (Å²) < 4.78 is 2.05. The van der Waals surface area contributed by atoms with E-state index >= 15 is 0 Å². The molecule has 0 fully saturated rings. The van der Waals surface area contributed by atoms with Gasteiger partial charge in [0.25, 0.3) is 0 Å². The van der Waals surface area contributed by atoms with Crippen molar-refractivity contribution in [2.45, 2.75) is 19.8 Å². The van der Waals surface area contributed by atoms with E-state index in [1.165, 1.54) is 5.56 Å². The molecule has 0 amide bonds. The van der Waals surface area contributed by atoms with Gasteiger partial charge in [0.2, 0.25) is 0 Å². The number of hydrogen-bond acceptors (Lipinski definition) is 3. The summed E-state index contributed by atoms with van der Waals surface area (Å²) in [5.41, 5.74) is 10.1. The number of pyridine rings is 1. The molecule has 0 aliphatic rings. The average molecular weight is 278 g/mol. The van der Waals surface area contributed by atoms with Crippen LogP contribution < -0.4 is 5.73 Å². The van der Waals surface area contributed by atoms with E-state index in [0.29, 0.717) is 11.7 Å². The molecule has 2 heterocycles. The number of anilines is 1. The third-order valence-corrected chi connectivity index (χ3v) is 3.56. The van der Waals surface area contributed by atoms with Gasteiger partial charge in [-0.25, -0.2) is 9.97 Å². The maximum absolute atomic E-state index is 5.64. The second-order valence-electron chi connectivity index (χ2n) is 5.37. The van der Waals surface area contributed by atoms with Gasteiger partial charge < -0.3 is 5.73 Å². The van der Waals surface area contributed by atoms with Crippen molar-refractivity contribution < 1.29 is 0 Å². The molecule has 0 spiro atoms. The third-order valence-electron chi connectivity index (χ3n) is 3.56. The zero-order chi connectivity index (χ0) is 14.8. The molecule has 21 heavy (non-hydrogen) atoms. The molecule has 0 bridgehead atoms. The number of rotatable bonds is 3. The van der Waals surface area contributed by atoms with Crippen LogP contribution in [-0.4, -0.2) is 14.5 Å². The number of benzene rings is 1. The SMILES string of the molecule is CC(C)c1ccc(-n2cncc2-c2ccc(N)nc2)cc1. The Labute approximate surface area is 124 Å². The Morgan fingerprint density at radius 2 is 1.76 bits per heavy atom. The van der Waals surface area contributed by atoms with Gasteiger partial charge >= 0.3 is 0 Å². The minimum Gasteiger partial charge on any atom is -0.384 e. The first-order valence-corrected chi connectivity index (χ1v) is 7.00. The van der Waals surface area contributed by atoms with Crippen LogP contribution in [0.3, 0.4) is 0 Å². The molecule has 4 heteroatoms. The lowest BCUT2D eigenvalue weighted by Crippen LogP contribution is -1.97. The quantitative estimate of drug-likeness (QED) is 0.795. The fourth-order valence-corrected chi connectivity index (χ4v) is 2.29. The van der Waals surface area contributed by atoms with Gasteiger partial charge in [-0.2, -0.15) is 0 Å². The van der Waals surface area contributed by atoms with Crippen molar-refractivity contribution >= 4 is 5.82 Å². The van der Waals surface area contributed by atoms with E-state index in [-0.39, 0.29) is 0 Å². The molecule has 1 aromatic carbocycles. The predicted molar refractivity (Wildman–Crippen MR) is 85.3 cm³/mol.